The van der Waals surface area contributed by atoms with E-state index in [0.29, 0.717) is 23.8 Å². The average Bonchev–Trinajstić information content (AvgIpc) is 3.02. The number of benzene rings is 1. The second-order valence-corrected chi connectivity index (χ2v) is 18.5. The Labute approximate surface area is 170 Å². The molecule has 0 amide bonds. The normalized spacial score (nSPS) is 14.2. The molecule has 1 aromatic carbocycles. The first-order valence-corrected chi connectivity index (χ1v) is 15.7. The van der Waals surface area contributed by atoms with Crippen molar-refractivity contribution in [2.75, 3.05) is 0 Å². The van der Waals surface area contributed by atoms with Gasteiger partial charge in [0, 0.05) is 0 Å². The molecule has 1 aliphatic carbocycles. The first-order valence-electron chi connectivity index (χ1n) is 9.31. The van der Waals surface area contributed by atoms with E-state index in [1.54, 1.807) is 15.7 Å². The summed E-state index contributed by atoms with van der Waals surface area (Å²) < 4.78 is 7.20. The van der Waals surface area contributed by atoms with Gasteiger partial charge in [-0.2, -0.15) is 0 Å². The molecule has 0 bridgehead atoms. The molecule has 3 heteroatoms. The summed E-state index contributed by atoms with van der Waals surface area (Å²) in [5, 5.41) is 0. The van der Waals surface area contributed by atoms with Crippen molar-refractivity contribution in [3.63, 3.8) is 0 Å². The maximum absolute atomic E-state index is 5.41. The molecular formula is C23H34OSiTi. The third-order valence-corrected chi connectivity index (χ3v) is 9.93. The third-order valence-electron chi connectivity index (χ3n) is 4.00. The summed E-state index contributed by atoms with van der Waals surface area (Å²) in [5.74, 6) is 0.850. The fourth-order valence-corrected chi connectivity index (χ4v) is 8.04. The van der Waals surface area contributed by atoms with Crippen molar-refractivity contribution in [1.29, 1.82) is 0 Å². The third kappa shape index (κ3) is 9.03. The van der Waals surface area contributed by atoms with Gasteiger partial charge in [0.25, 0.3) is 0 Å². The van der Waals surface area contributed by atoms with Crippen molar-refractivity contribution in [3.8, 4) is 5.75 Å². The van der Waals surface area contributed by atoms with Crippen LogP contribution in [0.25, 0.3) is 0 Å². The SMILES string of the molecule is C=C(C)C(C)=COc1ccccc1.C[SiH](C)[Ti][C]1=CC(C(C)(C)C)=CC1. The molecule has 140 valence electrons. The minimum atomic E-state index is -0.282. The maximum atomic E-state index is 5.41. The topological polar surface area (TPSA) is 9.23 Å². The van der Waals surface area contributed by atoms with E-state index >= 15 is 0 Å². The van der Waals surface area contributed by atoms with Crippen LogP contribution in [0.1, 0.15) is 41.0 Å². The summed E-state index contributed by atoms with van der Waals surface area (Å²) >= 11 is 0.302. The van der Waals surface area contributed by atoms with Crippen LogP contribution < -0.4 is 4.74 Å². The number of ether oxygens (including phenoxy) is 1. The predicted molar refractivity (Wildman–Crippen MR) is 115 cm³/mol. The molecule has 1 aliphatic rings. The molecule has 0 atom stereocenters. The van der Waals surface area contributed by atoms with Crippen molar-refractivity contribution in [3.05, 3.63) is 75.9 Å². The Bertz CT molecular complexity index is 676. The van der Waals surface area contributed by atoms with E-state index in [2.05, 4.69) is 52.6 Å². The van der Waals surface area contributed by atoms with Crippen LogP contribution in [0.5, 0.6) is 5.75 Å². The van der Waals surface area contributed by atoms with Gasteiger partial charge in [0.05, 0.1) is 6.26 Å². The summed E-state index contributed by atoms with van der Waals surface area (Å²) in [4.78, 5) is 0. The number of hydrogen-bond acceptors (Lipinski definition) is 1. The van der Waals surface area contributed by atoms with Crippen LogP contribution in [0.15, 0.2) is 75.9 Å². The minimum absolute atomic E-state index is 0.282. The van der Waals surface area contributed by atoms with Gasteiger partial charge in [-0.15, -0.1) is 0 Å². The Morgan fingerprint density at radius 2 is 1.77 bits per heavy atom. The Morgan fingerprint density at radius 1 is 1.15 bits per heavy atom. The number of allylic oxidation sites excluding steroid dienone is 6. The van der Waals surface area contributed by atoms with Gasteiger partial charge in [0.2, 0.25) is 0 Å². The van der Waals surface area contributed by atoms with Gasteiger partial charge in [-0.3, -0.25) is 0 Å². The van der Waals surface area contributed by atoms with Crippen molar-refractivity contribution >= 4 is 6.66 Å². The zero-order valence-corrected chi connectivity index (χ0v) is 20.2. The quantitative estimate of drug-likeness (QED) is 0.297. The van der Waals surface area contributed by atoms with E-state index in [0.717, 1.165) is 16.9 Å². The number of para-hydroxylation sites is 1. The monoisotopic (exact) mass is 402 g/mol. The first kappa shape index (κ1) is 23.0. The molecule has 1 nitrogen and oxygen atoms in total. The standard InChI is InChI=1S/C12H14O.C9H13.C2H7Si.Ti/c1-10(2)11(3)9-13-12-7-5-4-6-8-12;1-9(2,3)8-6-4-5-7-8;1-3-2;/h4-9H,1H2,2-3H3;6-7H,4H2,1-3H3;3H,1-2H3;. The van der Waals surface area contributed by atoms with Crippen molar-refractivity contribution in [2.24, 2.45) is 5.41 Å². The summed E-state index contributed by atoms with van der Waals surface area (Å²) in [6.45, 7) is 19.4. The molecule has 2 rings (SSSR count). The Balaban J connectivity index is 0.000000260. The van der Waals surface area contributed by atoms with Crippen molar-refractivity contribution in [2.45, 2.75) is 54.1 Å². The molecule has 0 saturated heterocycles. The fourth-order valence-electron chi connectivity index (χ4n) is 2.28. The number of rotatable bonds is 5. The molecule has 0 aromatic heterocycles. The van der Waals surface area contributed by atoms with Gasteiger partial charge >= 0.3 is 92.4 Å². The van der Waals surface area contributed by atoms with Crippen LogP contribution in [0.2, 0.25) is 13.1 Å². The fraction of sp³-hybridized carbons (Fsp3) is 0.391. The first-order chi connectivity index (χ1) is 12.1. The van der Waals surface area contributed by atoms with Crippen LogP contribution in [-0.2, 0) is 18.4 Å². The van der Waals surface area contributed by atoms with Crippen LogP contribution in [0.3, 0.4) is 0 Å². The van der Waals surface area contributed by atoms with Crippen LogP contribution in [0, 0.1) is 5.41 Å². The summed E-state index contributed by atoms with van der Waals surface area (Å²) in [7, 11) is 0. The molecule has 26 heavy (non-hydrogen) atoms. The molecule has 0 saturated carbocycles. The van der Waals surface area contributed by atoms with E-state index in [1.807, 2.05) is 44.2 Å². The molecule has 0 aliphatic heterocycles. The molecule has 0 heterocycles. The molecule has 0 radical (unpaired) electrons. The summed E-state index contributed by atoms with van der Waals surface area (Å²) in [6.07, 6.45) is 7.93. The summed E-state index contributed by atoms with van der Waals surface area (Å²) in [5.41, 5.74) is 4.02. The van der Waals surface area contributed by atoms with Crippen molar-refractivity contribution in [1.82, 2.24) is 0 Å². The molecular weight excluding hydrogens is 368 g/mol. The second-order valence-electron chi connectivity index (χ2n) is 8.09. The summed E-state index contributed by atoms with van der Waals surface area (Å²) in [6, 6.07) is 9.69. The molecule has 0 fully saturated rings. The molecule has 0 unspecified atom stereocenters. The van der Waals surface area contributed by atoms with Gasteiger partial charge in [-0.05, 0) is 31.6 Å². The Hall–Kier alpha value is -1.09. The van der Waals surface area contributed by atoms with E-state index in [4.69, 9.17) is 4.74 Å². The van der Waals surface area contributed by atoms with Crippen LogP contribution in [0.4, 0.5) is 0 Å². The number of hydrogen-bond donors (Lipinski definition) is 0. The zero-order chi connectivity index (χ0) is 19.7. The predicted octanol–water partition coefficient (Wildman–Crippen LogP) is 6.86. The molecule has 0 spiro atoms. The van der Waals surface area contributed by atoms with Gasteiger partial charge in [0.15, 0.2) is 0 Å². The van der Waals surface area contributed by atoms with Gasteiger partial charge in [-0.25, -0.2) is 0 Å². The molecule has 1 aromatic rings. The van der Waals surface area contributed by atoms with Gasteiger partial charge in [-0.1, -0.05) is 30.4 Å². The van der Waals surface area contributed by atoms with Crippen LogP contribution in [-0.4, -0.2) is 6.66 Å². The van der Waals surface area contributed by atoms with E-state index in [9.17, 15) is 0 Å². The van der Waals surface area contributed by atoms with E-state index < -0.39 is 0 Å². The molecule has 0 N–H and O–H groups in total. The van der Waals surface area contributed by atoms with Gasteiger partial charge in [0.1, 0.15) is 5.75 Å². The van der Waals surface area contributed by atoms with Crippen LogP contribution >= 0.6 is 0 Å². The van der Waals surface area contributed by atoms with Crippen molar-refractivity contribution < 1.29 is 23.1 Å². The second kappa shape index (κ2) is 10.9. The van der Waals surface area contributed by atoms with E-state index in [-0.39, 0.29) is 6.66 Å². The average molecular weight is 402 g/mol. The van der Waals surface area contributed by atoms with Gasteiger partial charge < -0.3 is 4.74 Å². The zero-order valence-electron chi connectivity index (χ0n) is 17.5. The van der Waals surface area contributed by atoms with E-state index in [1.165, 1.54) is 6.42 Å². The Morgan fingerprint density at radius 3 is 2.23 bits per heavy atom. The Kier molecular flexibility index (Phi) is 9.63.